The molecular formula is C30H20O4. The number of hydrogen-bond donors (Lipinski definition) is 1. The summed E-state index contributed by atoms with van der Waals surface area (Å²) in [6.45, 7) is 2.12. The lowest BCUT2D eigenvalue weighted by atomic mass is 9.91. The first-order valence-corrected chi connectivity index (χ1v) is 11.2. The molecule has 6 aromatic rings. The number of carbonyl (C=O) groups is 1. The van der Waals surface area contributed by atoms with Gasteiger partial charge in [0.2, 0.25) is 0 Å². The molecule has 1 aromatic heterocycles. The Morgan fingerprint density at radius 2 is 1.38 bits per heavy atom. The fourth-order valence-corrected chi connectivity index (χ4v) is 4.89. The second-order valence-corrected chi connectivity index (χ2v) is 8.50. The molecule has 1 heterocycles. The topological polar surface area (TPSA) is 67.5 Å². The largest absolute Gasteiger partial charge is 0.478 e. The highest BCUT2D eigenvalue weighted by atomic mass is 16.4. The summed E-state index contributed by atoms with van der Waals surface area (Å²) in [6, 6.07) is 26.2. The molecule has 0 atom stereocenters. The zero-order valence-corrected chi connectivity index (χ0v) is 18.5. The summed E-state index contributed by atoms with van der Waals surface area (Å²) in [6.07, 6.45) is 0.933. The predicted octanol–water partition coefficient (Wildman–Crippen LogP) is 7.18. The third-order valence-electron chi connectivity index (χ3n) is 6.55. The number of fused-ring (bicyclic) bond motifs is 6. The molecule has 0 aliphatic carbocycles. The van der Waals surface area contributed by atoms with Gasteiger partial charge >= 0.3 is 5.97 Å². The van der Waals surface area contributed by atoms with Gasteiger partial charge in [-0.2, -0.15) is 0 Å². The van der Waals surface area contributed by atoms with Crippen LogP contribution < -0.4 is 5.43 Å². The van der Waals surface area contributed by atoms with Crippen LogP contribution in [0.4, 0.5) is 0 Å². The van der Waals surface area contributed by atoms with Crippen LogP contribution in [0.15, 0.2) is 94.1 Å². The first kappa shape index (κ1) is 20.2. The lowest BCUT2D eigenvalue weighted by molar-refractivity contribution is 0.0697. The number of aromatic carboxylic acids is 1. The lowest BCUT2D eigenvalue weighted by Crippen LogP contribution is -2.00. The first-order chi connectivity index (χ1) is 16.5. The molecule has 1 N–H and O–H groups in total. The third-order valence-corrected chi connectivity index (χ3v) is 6.55. The third kappa shape index (κ3) is 3.00. The van der Waals surface area contributed by atoms with Crippen molar-refractivity contribution < 1.29 is 14.3 Å². The molecule has 0 unspecified atom stereocenters. The molecule has 0 aliphatic heterocycles. The average molecular weight is 444 g/mol. The summed E-state index contributed by atoms with van der Waals surface area (Å²) in [5, 5.41) is 15.2. The van der Waals surface area contributed by atoms with E-state index in [0.29, 0.717) is 16.7 Å². The Labute approximate surface area is 194 Å². The SMILES string of the molecule is CCc1ccc2c(ccc3c(-c4ccccc4C(=O)O)c4ccc5cc(=O)ccc5c4oc32)c1. The van der Waals surface area contributed by atoms with Crippen LogP contribution in [0.1, 0.15) is 22.8 Å². The van der Waals surface area contributed by atoms with Crippen LogP contribution in [0.25, 0.3) is 54.6 Å². The van der Waals surface area contributed by atoms with Gasteiger partial charge in [-0.25, -0.2) is 4.79 Å². The van der Waals surface area contributed by atoms with Crippen LogP contribution >= 0.6 is 0 Å². The van der Waals surface area contributed by atoms with Gasteiger partial charge in [0.25, 0.3) is 0 Å². The van der Waals surface area contributed by atoms with Crippen molar-refractivity contribution in [2.45, 2.75) is 13.3 Å². The van der Waals surface area contributed by atoms with Gasteiger partial charge in [0, 0.05) is 27.1 Å². The second kappa shape index (κ2) is 7.56. The monoisotopic (exact) mass is 444 g/mol. The van der Waals surface area contributed by atoms with Gasteiger partial charge in [0.05, 0.1) is 5.56 Å². The van der Waals surface area contributed by atoms with E-state index in [4.69, 9.17) is 4.42 Å². The van der Waals surface area contributed by atoms with Gasteiger partial charge in [-0.3, -0.25) is 4.79 Å². The number of benzene rings is 5. The van der Waals surface area contributed by atoms with Crippen LogP contribution in [0.2, 0.25) is 0 Å². The van der Waals surface area contributed by atoms with Crippen molar-refractivity contribution >= 4 is 49.5 Å². The number of carboxylic acid groups (broad SMARTS) is 1. The van der Waals surface area contributed by atoms with Crippen molar-refractivity contribution in [3.05, 3.63) is 106 Å². The Bertz CT molecular complexity index is 1840. The highest BCUT2D eigenvalue weighted by Crippen LogP contribution is 2.42. The van der Waals surface area contributed by atoms with Crippen molar-refractivity contribution in [1.29, 1.82) is 0 Å². The average Bonchev–Trinajstić information content (AvgIpc) is 2.86. The van der Waals surface area contributed by atoms with Crippen molar-refractivity contribution in [3.8, 4) is 11.1 Å². The Hall–Kier alpha value is -4.44. The van der Waals surface area contributed by atoms with Crippen LogP contribution in [0.3, 0.4) is 0 Å². The van der Waals surface area contributed by atoms with E-state index in [0.717, 1.165) is 44.3 Å². The minimum Gasteiger partial charge on any atom is -0.478 e. The maximum absolute atomic E-state index is 12.1. The fourth-order valence-electron chi connectivity index (χ4n) is 4.89. The lowest BCUT2D eigenvalue weighted by Gasteiger charge is -2.16. The van der Waals surface area contributed by atoms with E-state index in [-0.39, 0.29) is 11.0 Å². The summed E-state index contributed by atoms with van der Waals surface area (Å²) in [5.41, 5.74) is 4.16. The summed E-state index contributed by atoms with van der Waals surface area (Å²) >= 11 is 0. The van der Waals surface area contributed by atoms with E-state index < -0.39 is 5.97 Å². The second-order valence-electron chi connectivity index (χ2n) is 8.50. The summed E-state index contributed by atoms with van der Waals surface area (Å²) in [7, 11) is 0. The molecule has 0 bridgehead atoms. The number of aryl methyl sites for hydroxylation is 1. The number of hydrogen-bond acceptors (Lipinski definition) is 3. The van der Waals surface area contributed by atoms with Gasteiger partial charge in [-0.15, -0.1) is 0 Å². The number of carboxylic acids is 1. The molecule has 0 amide bonds. The molecule has 0 fully saturated rings. The Balaban J connectivity index is 1.87. The summed E-state index contributed by atoms with van der Waals surface area (Å²) in [5.74, 6) is -0.983. The molecule has 164 valence electrons. The predicted molar refractivity (Wildman–Crippen MR) is 137 cm³/mol. The zero-order chi connectivity index (χ0) is 23.4. The van der Waals surface area contributed by atoms with Crippen LogP contribution in [-0.2, 0) is 6.42 Å². The Morgan fingerprint density at radius 1 is 0.765 bits per heavy atom. The molecular weight excluding hydrogens is 424 g/mol. The molecule has 5 aromatic carbocycles. The molecule has 0 saturated carbocycles. The number of rotatable bonds is 3. The molecule has 34 heavy (non-hydrogen) atoms. The molecule has 4 nitrogen and oxygen atoms in total. The first-order valence-electron chi connectivity index (χ1n) is 11.2. The maximum atomic E-state index is 12.1. The van der Waals surface area contributed by atoms with E-state index in [1.807, 2.05) is 30.3 Å². The normalized spacial score (nSPS) is 11.6. The quantitative estimate of drug-likeness (QED) is 0.232. The van der Waals surface area contributed by atoms with Gasteiger partial charge in [0.15, 0.2) is 5.43 Å². The van der Waals surface area contributed by atoms with E-state index in [2.05, 4.69) is 31.2 Å². The molecule has 4 heteroatoms. The van der Waals surface area contributed by atoms with Crippen molar-refractivity contribution in [1.82, 2.24) is 0 Å². The maximum Gasteiger partial charge on any atom is 0.336 e. The van der Waals surface area contributed by atoms with Crippen LogP contribution in [-0.4, -0.2) is 11.1 Å². The summed E-state index contributed by atoms with van der Waals surface area (Å²) < 4.78 is 6.60. The smallest absolute Gasteiger partial charge is 0.336 e. The highest BCUT2D eigenvalue weighted by molar-refractivity contribution is 6.20. The van der Waals surface area contributed by atoms with Gasteiger partial charge in [-0.05, 0) is 64.7 Å². The molecule has 0 spiro atoms. The highest BCUT2D eigenvalue weighted by Gasteiger charge is 2.20. The van der Waals surface area contributed by atoms with E-state index in [9.17, 15) is 14.7 Å². The summed E-state index contributed by atoms with van der Waals surface area (Å²) in [4.78, 5) is 24.1. The standard InChI is InChI=1S/C30H20O4/c1-2-17-7-11-21-18(15-17)8-12-25-27(23-5-3-4-6-24(23)30(32)33)26-13-9-19-16-20(31)10-14-22(19)29(26)34-28(21)25/h3-16H,2H2,1H3,(H,32,33). The molecule has 0 aliphatic rings. The van der Waals surface area contributed by atoms with Crippen LogP contribution in [0.5, 0.6) is 0 Å². The minimum absolute atomic E-state index is 0.0679. The van der Waals surface area contributed by atoms with Crippen molar-refractivity contribution in [3.63, 3.8) is 0 Å². The van der Waals surface area contributed by atoms with Gasteiger partial charge < -0.3 is 9.52 Å². The van der Waals surface area contributed by atoms with Crippen LogP contribution in [0, 0.1) is 0 Å². The van der Waals surface area contributed by atoms with Gasteiger partial charge in [0.1, 0.15) is 11.2 Å². The van der Waals surface area contributed by atoms with Crippen molar-refractivity contribution in [2.75, 3.05) is 0 Å². The van der Waals surface area contributed by atoms with E-state index in [1.165, 1.54) is 11.6 Å². The minimum atomic E-state index is -0.983. The Morgan fingerprint density at radius 3 is 2.06 bits per heavy atom. The zero-order valence-electron chi connectivity index (χ0n) is 18.5. The fraction of sp³-hybridized carbons (Fsp3) is 0.0667. The van der Waals surface area contributed by atoms with E-state index >= 15 is 0 Å². The van der Waals surface area contributed by atoms with Gasteiger partial charge in [-0.1, -0.05) is 55.5 Å². The Kier molecular flexibility index (Phi) is 4.49. The molecule has 6 rings (SSSR count). The molecule has 0 radical (unpaired) electrons. The molecule has 0 saturated heterocycles. The van der Waals surface area contributed by atoms with E-state index in [1.54, 1.807) is 24.3 Å². The van der Waals surface area contributed by atoms with Crippen molar-refractivity contribution in [2.24, 2.45) is 0 Å².